The number of hydrogen-bond donors (Lipinski definition) is 1. The number of nitrogens with zero attached hydrogens (tertiary/aromatic N) is 4. The van der Waals surface area contributed by atoms with Crippen molar-refractivity contribution >= 4 is 29.1 Å². The number of furan rings is 1. The number of nitro groups is 1. The fourth-order valence-corrected chi connectivity index (χ4v) is 2.08. The third kappa shape index (κ3) is 2.30. The lowest BCUT2D eigenvalue weighted by Crippen LogP contribution is -1.98. The van der Waals surface area contributed by atoms with Gasteiger partial charge >= 0.3 is 5.88 Å². The molecule has 3 rings (SSSR count). The third-order valence-corrected chi connectivity index (χ3v) is 3.36. The van der Waals surface area contributed by atoms with E-state index in [1.807, 2.05) is 26.0 Å². The van der Waals surface area contributed by atoms with E-state index in [-0.39, 0.29) is 17.6 Å². The minimum Gasteiger partial charge on any atom is -0.400 e. The summed E-state index contributed by atoms with van der Waals surface area (Å²) in [5.41, 5.74) is 9.58. The van der Waals surface area contributed by atoms with E-state index in [4.69, 9.17) is 10.2 Å². The van der Waals surface area contributed by atoms with Crippen LogP contribution in [0, 0.1) is 24.0 Å². The van der Waals surface area contributed by atoms with Crippen LogP contribution in [0.2, 0.25) is 0 Å². The predicted octanol–water partition coefficient (Wildman–Crippen LogP) is 2.62. The Hall–Kier alpha value is -3.16. The van der Waals surface area contributed by atoms with Gasteiger partial charge in [0.2, 0.25) is 5.95 Å². The molecule has 0 fully saturated rings. The number of fused-ring (bicyclic) bond motifs is 1. The maximum atomic E-state index is 10.6. The first-order valence-electron chi connectivity index (χ1n) is 6.49. The van der Waals surface area contributed by atoms with Crippen LogP contribution in [0.3, 0.4) is 0 Å². The molecule has 2 N–H and O–H groups in total. The average molecular weight is 299 g/mol. The van der Waals surface area contributed by atoms with Crippen molar-refractivity contribution in [3.63, 3.8) is 0 Å². The van der Waals surface area contributed by atoms with Crippen molar-refractivity contribution in [3.8, 4) is 0 Å². The summed E-state index contributed by atoms with van der Waals surface area (Å²) in [4.78, 5) is 14.2. The maximum absolute atomic E-state index is 10.6. The monoisotopic (exact) mass is 299 g/mol. The van der Waals surface area contributed by atoms with E-state index in [9.17, 15) is 10.1 Å². The zero-order valence-electron chi connectivity index (χ0n) is 12.0. The van der Waals surface area contributed by atoms with Crippen molar-refractivity contribution in [1.82, 2.24) is 9.66 Å². The van der Waals surface area contributed by atoms with Gasteiger partial charge in [0.25, 0.3) is 0 Å². The Morgan fingerprint density at radius 3 is 2.77 bits per heavy atom. The zero-order chi connectivity index (χ0) is 15.9. The molecule has 2 heterocycles. The van der Waals surface area contributed by atoms with Crippen molar-refractivity contribution in [1.29, 1.82) is 0 Å². The Balaban J connectivity index is 2.02. The third-order valence-electron chi connectivity index (χ3n) is 3.36. The van der Waals surface area contributed by atoms with E-state index in [0.29, 0.717) is 0 Å². The minimum atomic E-state index is -0.607. The van der Waals surface area contributed by atoms with Gasteiger partial charge in [-0.05, 0) is 43.2 Å². The van der Waals surface area contributed by atoms with Crippen LogP contribution >= 0.6 is 0 Å². The fourth-order valence-electron chi connectivity index (χ4n) is 2.08. The molecule has 0 unspecified atom stereocenters. The van der Waals surface area contributed by atoms with Crippen molar-refractivity contribution in [2.75, 3.05) is 5.73 Å². The fraction of sp³-hybridized carbons (Fsp3) is 0.143. The molecule has 0 spiro atoms. The highest BCUT2D eigenvalue weighted by atomic mass is 16.6. The first-order valence-corrected chi connectivity index (χ1v) is 6.49. The molecule has 0 bridgehead atoms. The predicted molar refractivity (Wildman–Crippen MR) is 82.0 cm³/mol. The number of imidazole rings is 1. The first-order chi connectivity index (χ1) is 10.5. The van der Waals surface area contributed by atoms with Crippen LogP contribution in [0.15, 0.2) is 33.8 Å². The van der Waals surface area contributed by atoms with Gasteiger partial charge in [0.1, 0.15) is 4.92 Å². The van der Waals surface area contributed by atoms with Gasteiger partial charge in [0.05, 0.1) is 23.3 Å². The number of hydrogen-bond acceptors (Lipinski definition) is 6. The molecule has 8 heteroatoms. The second-order valence-electron chi connectivity index (χ2n) is 4.88. The molecule has 22 heavy (non-hydrogen) atoms. The van der Waals surface area contributed by atoms with E-state index in [1.165, 1.54) is 23.0 Å². The largest absolute Gasteiger partial charge is 0.433 e. The molecule has 0 saturated carbocycles. The standard InChI is InChI=1S/C14H13N5O3/c1-8-5-11-12(6-9(8)2)18(14(15)17-11)16-7-10-3-4-13(22-10)19(20)21/h3-7H,1-2H3,(H2,15,17)/b16-7+. The van der Waals surface area contributed by atoms with Crippen LogP contribution in [0.1, 0.15) is 16.9 Å². The van der Waals surface area contributed by atoms with E-state index < -0.39 is 4.92 Å². The zero-order valence-corrected chi connectivity index (χ0v) is 12.0. The molecule has 0 aliphatic carbocycles. The molecule has 112 valence electrons. The summed E-state index contributed by atoms with van der Waals surface area (Å²) in [6.45, 7) is 3.98. The molecule has 1 aromatic carbocycles. The van der Waals surface area contributed by atoms with Crippen molar-refractivity contribution in [2.24, 2.45) is 5.10 Å². The van der Waals surface area contributed by atoms with Gasteiger partial charge < -0.3 is 10.2 Å². The Morgan fingerprint density at radius 1 is 1.36 bits per heavy atom. The minimum absolute atomic E-state index is 0.234. The number of rotatable bonds is 3. The molecule has 0 radical (unpaired) electrons. The smallest absolute Gasteiger partial charge is 0.400 e. The maximum Gasteiger partial charge on any atom is 0.433 e. The lowest BCUT2D eigenvalue weighted by molar-refractivity contribution is -0.402. The number of benzene rings is 1. The lowest BCUT2D eigenvalue weighted by Gasteiger charge is -2.01. The Bertz CT molecular complexity index is 907. The van der Waals surface area contributed by atoms with Crippen LogP contribution in [0.5, 0.6) is 0 Å². The Kier molecular flexibility index (Phi) is 3.13. The summed E-state index contributed by atoms with van der Waals surface area (Å²) in [6.07, 6.45) is 1.36. The second-order valence-corrected chi connectivity index (χ2v) is 4.88. The van der Waals surface area contributed by atoms with E-state index in [1.54, 1.807) is 0 Å². The molecule has 0 amide bonds. The molecule has 8 nitrogen and oxygen atoms in total. The van der Waals surface area contributed by atoms with Crippen LogP contribution in [-0.2, 0) is 0 Å². The van der Waals surface area contributed by atoms with Gasteiger partial charge in [-0.1, -0.05) is 0 Å². The van der Waals surface area contributed by atoms with E-state index in [0.717, 1.165) is 22.2 Å². The van der Waals surface area contributed by atoms with E-state index in [2.05, 4.69) is 10.1 Å². The van der Waals surface area contributed by atoms with Crippen LogP contribution in [0.4, 0.5) is 11.8 Å². The number of aryl methyl sites for hydroxylation is 2. The van der Waals surface area contributed by atoms with Crippen LogP contribution in [-0.4, -0.2) is 20.8 Å². The van der Waals surface area contributed by atoms with Crippen LogP contribution in [0.25, 0.3) is 11.0 Å². The number of aromatic nitrogens is 2. The molecule has 3 aromatic rings. The molecular weight excluding hydrogens is 286 g/mol. The summed E-state index contributed by atoms with van der Waals surface area (Å²) >= 11 is 0. The average Bonchev–Trinajstić information content (AvgIpc) is 3.03. The molecule has 0 aliphatic rings. The van der Waals surface area contributed by atoms with E-state index >= 15 is 0 Å². The summed E-state index contributed by atoms with van der Waals surface area (Å²) in [5, 5.41) is 14.8. The first kappa shape index (κ1) is 13.8. The summed E-state index contributed by atoms with van der Waals surface area (Å²) < 4.78 is 6.48. The highest BCUT2D eigenvalue weighted by Gasteiger charge is 2.12. The molecule has 0 aliphatic heterocycles. The summed E-state index contributed by atoms with van der Waals surface area (Å²) in [7, 11) is 0. The van der Waals surface area contributed by atoms with Gasteiger partial charge in [0.15, 0.2) is 5.76 Å². The van der Waals surface area contributed by atoms with Crippen molar-refractivity contribution in [3.05, 3.63) is 51.3 Å². The van der Waals surface area contributed by atoms with Gasteiger partial charge in [-0.25, -0.2) is 4.98 Å². The lowest BCUT2D eigenvalue weighted by atomic mass is 10.1. The number of nitrogens with two attached hydrogens (primary N) is 1. The Morgan fingerprint density at radius 2 is 2.09 bits per heavy atom. The topological polar surface area (TPSA) is 112 Å². The summed E-state index contributed by atoms with van der Waals surface area (Å²) in [5.74, 6) is 0.158. The number of anilines is 1. The van der Waals surface area contributed by atoms with Gasteiger partial charge in [0, 0.05) is 0 Å². The molecular formula is C14H13N5O3. The van der Waals surface area contributed by atoms with Gasteiger partial charge in [-0.2, -0.15) is 9.78 Å². The number of nitrogen functional groups attached to an aromatic ring is 1. The second kappa shape index (κ2) is 4.99. The highest BCUT2D eigenvalue weighted by Crippen LogP contribution is 2.22. The molecule has 2 aromatic heterocycles. The van der Waals surface area contributed by atoms with Crippen molar-refractivity contribution in [2.45, 2.75) is 13.8 Å². The SMILES string of the molecule is Cc1cc2nc(N)n(/N=C/c3ccc([N+](=O)[O-])o3)c2cc1C. The Labute approximate surface area is 125 Å². The van der Waals surface area contributed by atoms with Crippen molar-refractivity contribution < 1.29 is 9.34 Å². The quantitative estimate of drug-likeness (QED) is 0.453. The molecule has 0 saturated heterocycles. The van der Waals surface area contributed by atoms with Gasteiger partial charge in [-0.15, -0.1) is 0 Å². The summed E-state index contributed by atoms with van der Waals surface area (Å²) in [6, 6.07) is 6.61. The molecule has 0 atom stereocenters. The van der Waals surface area contributed by atoms with Gasteiger partial charge in [-0.3, -0.25) is 10.1 Å². The normalized spacial score (nSPS) is 11.5. The highest BCUT2D eigenvalue weighted by molar-refractivity contribution is 5.82. The van der Waals surface area contributed by atoms with Crippen LogP contribution < -0.4 is 5.73 Å².